The summed E-state index contributed by atoms with van der Waals surface area (Å²) in [6.07, 6.45) is -0.940. The van der Waals surface area contributed by atoms with Gasteiger partial charge in [-0.05, 0) is 22.6 Å². The Morgan fingerprint density at radius 3 is 2.43 bits per heavy atom. The van der Waals surface area contributed by atoms with Crippen LogP contribution in [0.1, 0.15) is 6.42 Å². The molecular formula is C3H6INO2. The lowest BCUT2D eigenvalue weighted by Crippen LogP contribution is -2.20. The zero-order valence-corrected chi connectivity index (χ0v) is 5.75. The highest BCUT2D eigenvalue weighted by Gasteiger charge is 1.99. The summed E-state index contributed by atoms with van der Waals surface area (Å²) in [6.45, 7) is 0. The van der Waals surface area contributed by atoms with Crippen molar-refractivity contribution in [3.05, 3.63) is 0 Å². The third-order valence-electron chi connectivity index (χ3n) is 0.370. The summed E-state index contributed by atoms with van der Waals surface area (Å²) in [5.74, 6) is 0. The second-order valence-corrected chi connectivity index (χ2v) is 2.33. The van der Waals surface area contributed by atoms with E-state index >= 15 is 0 Å². The Balaban J connectivity index is 3.13. The Bertz CT molecular complexity index is 73.3. The van der Waals surface area contributed by atoms with E-state index in [9.17, 15) is 4.79 Å². The zero-order valence-electron chi connectivity index (χ0n) is 3.60. The lowest BCUT2D eigenvalue weighted by molar-refractivity contribution is -0.111. The normalized spacial score (nSPS) is 13.6. The molecule has 4 heteroatoms. The maximum absolute atomic E-state index is 10.0. The van der Waals surface area contributed by atoms with E-state index in [1.807, 2.05) is 0 Å². The molecule has 0 saturated carbocycles. The van der Waals surface area contributed by atoms with Gasteiger partial charge >= 0.3 is 0 Å². The maximum atomic E-state index is 10.0. The number of hydrogen-bond donors (Lipinski definition) is 2. The Hall–Kier alpha value is 0.320. The van der Waals surface area contributed by atoms with E-state index in [-0.39, 0.29) is 10.2 Å². The Kier molecular flexibility index (Phi) is 3.49. The highest BCUT2D eigenvalue weighted by Crippen LogP contribution is 1.92. The van der Waals surface area contributed by atoms with E-state index in [1.165, 1.54) is 0 Å². The van der Waals surface area contributed by atoms with Gasteiger partial charge in [-0.2, -0.15) is 0 Å². The summed E-state index contributed by atoms with van der Waals surface area (Å²) in [4.78, 5) is 10.0. The molecule has 0 spiro atoms. The standard InChI is InChI=1S/C3H6INO2/c4-2(6)1-3(5)7/h3,7H,1,5H2/t3-/m0/s1. The van der Waals surface area contributed by atoms with Crippen molar-refractivity contribution in [2.75, 3.05) is 0 Å². The Morgan fingerprint density at radius 1 is 2.00 bits per heavy atom. The van der Waals surface area contributed by atoms with Crippen molar-refractivity contribution in [2.45, 2.75) is 12.6 Å². The highest BCUT2D eigenvalue weighted by molar-refractivity contribution is 14.1. The van der Waals surface area contributed by atoms with Crippen LogP contribution in [0.5, 0.6) is 0 Å². The first-order chi connectivity index (χ1) is 3.13. The van der Waals surface area contributed by atoms with E-state index in [4.69, 9.17) is 10.8 Å². The number of rotatable bonds is 2. The molecule has 0 aliphatic heterocycles. The molecule has 0 rings (SSSR count). The van der Waals surface area contributed by atoms with Gasteiger partial charge in [0.1, 0.15) is 6.23 Å². The molecule has 1 atom stereocenters. The molecule has 7 heavy (non-hydrogen) atoms. The lowest BCUT2D eigenvalue weighted by Gasteiger charge is -1.94. The van der Waals surface area contributed by atoms with E-state index in [0.29, 0.717) is 0 Å². The van der Waals surface area contributed by atoms with Crippen LogP contribution in [-0.2, 0) is 4.79 Å². The number of carbonyl (C=O) groups is 1. The van der Waals surface area contributed by atoms with Crippen LogP contribution in [0.4, 0.5) is 0 Å². The third kappa shape index (κ3) is 6.32. The van der Waals surface area contributed by atoms with E-state index in [2.05, 4.69) is 0 Å². The second kappa shape index (κ2) is 3.34. The summed E-state index contributed by atoms with van der Waals surface area (Å²) in [7, 11) is 0. The van der Waals surface area contributed by atoms with Crippen LogP contribution in [0.15, 0.2) is 0 Å². The predicted octanol–water partition coefficient (Wildman–Crippen LogP) is -0.385. The summed E-state index contributed by atoms with van der Waals surface area (Å²) < 4.78 is -0.118. The summed E-state index contributed by atoms with van der Waals surface area (Å²) >= 11 is 1.58. The largest absolute Gasteiger partial charge is 0.378 e. The smallest absolute Gasteiger partial charge is 0.196 e. The molecule has 0 aliphatic carbocycles. The molecule has 0 fully saturated rings. The number of nitrogens with two attached hydrogens (primary N) is 1. The van der Waals surface area contributed by atoms with Crippen LogP contribution < -0.4 is 5.73 Å². The van der Waals surface area contributed by atoms with Crippen molar-refractivity contribution in [1.29, 1.82) is 0 Å². The molecule has 0 saturated heterocycles. The maximum Gasteiger partial charge on any atom is 0.196 e. The van der Waals surface area contributed by atoms with E-state index < -0.39 is 6.23 Å². The van der Waals surface area contributed by atoms with Gasteiger partial charge in [-0.15, -0.1) is 0 Å². The molecule has 3 N–H and O–H groups in total. The average molecular weight is 215 g/mol. The number of aliphatic hydroxyl groups is 1. The number of halogens is 1. The molecule has 0 aliphatic rings. The summed E-state index contributed by atoms with van der Waals surface area (Å²) in [6, 6.07) is 0. The topological polar surface area (TPSA) is 63.3 Å². The number of carbonyl (C=O) groups excluding carboxylic acids is 1. The first-order valence-corrected chi connectivity index (χ1v) is 2.83. The van der Waals surface area contributed by atoms with Crippen molar-refractivity contribution in [1.82, 2.24) is 0 Å². The molecule has 0 unspecified atom stereocenters. The third-order valence-corrected chi connectivity index (χ3v) is 0.810. The van der Waals surface area contributed by atoms with Crippen LogP contribution in [0.3, 0.4) is 0 Å². The van der Waals surface area contributed by atoms with E-state index in [1.54, 1.807) is 22.6 Å². The van der Waals surface area contributed by atoms with Gasteiger partial charge in [0.15, 0.2) is 3.79 Å². The van der Waals surface area contributed by atoms with Crippen LogP contribution in [0.25, 0.3) is 0 Å². The molecule has 0 aromatic heterocycles. The molecule has 3 nitrogen and oxygen atoms in total. The minimum Gasteiger partial charge on any atom is -0.378 e. The van der Waals surface area contributed by atoms with Crippen molar-refractivity contribution in [3.8, 4) is 0 Å². The van der Waals surface area contributed by atoms with Gasteiger partial charge in [0.2, 0.25) is 0 Å². The minimum atomic E-state index is -0.982. The molecule has 42 valence electrons. The minimum absolute atomic E-state index is 0.0422. The SMILES string of the molecule is N[C@@H](O)CC(=O)I. The monoisotopic (exact) mass is 215 g/mol. The Labute approximate surface area is 55.0 Å². The van der Waals surface area contributed by atoms with Gasteiger partial charge in [-0.25, -0.2) is 0 Å². The fraction of sp³-hybridized carbons (Fsp3) is 0.667. The molecule has 0 amide bonds. The van der Waals surface area contributed by atoms with Crippen molar-refractivity contribution >= 4 is 26.4 Å². The van der Waals surface area contributed by atoms with Crippen LogP contribution in [-0.4, -0.2) is 15.1 Å². The van der Waals surface area contributed by atoms with E-state index in [0.717, 1.165) is 0 Å². The average Bonchev–Trinajstić information content (AvgIpc) is 1.27. The molecular weight excluding hydrogens is 209 g/mol. The van der Waals surface area contributed by atoms with Crippen molar-refractivity contribution < 1.29 is 9.90 Å². The first-order valence-electron chi connectivity index (χ1n) is 1.75. The zero-order chi connectivity index (χ0) is 5.86. The van der Waals surface area contributed by atoms with Crippen molar-refractivity contribution in [2.24, 2.45) is 5.73 Å². The van der Waals surface area contributed by atoms with Crippen molar-refractivity contribution in [3.63, 3.8) is 0 Å². The van der Waals surface area contributed by atoms with Crippen LogP contribution in [0.2, 0.25) is 0 Å². The predicted molar refractivity (Wildman–Crippen MR) is 33.8 cm³/mol. The van der Waals surface area contributed by atoms with Gasteiger partial charge in [0, 0.05) is 0 Å². The van der Waals surface area contributed by atoms with Crippen LogP contribution in [0, 0.1) is 0 Å². The quantitative estimate of drug-likeness (QED) is 0.374. The molecule has 0 heterocycles. The fourth-order valence-electron chi connectivity index (χ4n) is 0.164. The molecule has 0 bridgehead atoms. The van der Waals surface area contributed by atoms with Gasteiger partial charge in [-0.3, -0.25) is 4.79 Å². The van der Waals surface area contributed by atoms with Crippen LogP contribution >= 0.6 is 22.6 Å². The Morgan fingerprint density at radius 2 is 2.43 bits per heavy atom. The first kappa shape index (κ1) is 7.32. The van der Waals surface area contributed by atoms with Gasteiger partial charge in [-0.1, -0.05) is 0 Å². The lowest BCUT2D eigenvalue weighted by atomic mass is 10.4. The summed E-state index contributed by atoms with van der Waals surface area (Å²) in [5.41, 5.74) is 4.82. The molecule has 0 aromatic carbocycles. The highest BCUT2D eigenvalue weighted by atomic mass is 127. The summed E-state index contributed by atoms with van der Waals surface area (Å²) in [5, 5.41) is 8.27. The number of hydrogen-bond acceptors (Lipinski definition) is 3. The molecule has 0 aromatic rings. The second-order valence-electron chi connectivity index (χ2n) is 1.13. The fourth-order valence-corrected chi connectivity index (χ4v) is 0.616. The number of aliphatic hydroxyl groups excluding tert-OH is 1. The molecule has 0 radical (unpaired) electrons. The van der Waals surface area contributed by atoms with Gasteiger partial charge < -0.3 is 10.8 Å². The van der Waals surface area contributed by atoms with Gasteiger partial charge in [0.05, 0.1) is 6.42 Å². The van der Waals surface area contributed by atoms with Gasteiger partial charge in [0.25, 0.3) is 0 Å².